The normalized spacial score (nSPS) is 9.87. The number of nitrogens with two attached hydrogens (primary N) is 1. The summed E-state index contributed by atoms with van der Waals surface area (Å²) in [6.45, 7) is 6.82. The van der Waals surface area contributed by atoms with Gasteiger partial charge in [0.15, 0.2) is 0 Å². The van der Waals surface area contributed by atoms with Crippen LogP contribution < -0.4 is 5.73 Å². The number of hydrogen-bond donors (Lipinski definition) is 2. The van der Waals surface area contributed by atoms with E-state index >= 15 is 0 Å². The molecule has 0 atom stereocenters. The van der Waals surface area contributed by atoms with Crippen LogP contribution in [0.25, 0.3) is 10.9 Å². The molecule has 2 nitrogen and oxygen atoms in total. The van der Waals surface area contributed by atoms with Gasteiger partial charge in [0, 0.05) is 17.1 Å². The van der Waals surface area contributed by atoms with Gasteiger partial charge in [-0.2, -0.15) is 0 Å². The standard InChI is InChI=1S/C11H14N2.C2H6/c1-8-2-3-11-10(6-8)9(4-5-12)7-13-11;1-2/h2-3,6-7,13H,4-5,12H2,1H3;1-2H3. The van der Waals surface area contributed by atoms with E-state index in [1.807, 2.05) is 13.8 Å². The first-order valence-corrected chi connectivity index (χ1v) is 5.58. The molecule has 0 saturated heterocycles. The van der Waals surface area contributed by atoms with E-state index < -0.39 is 0 Å². The van der Waals surface area contributed by atoms with E-state index in [2.05, 4.69) is 36.3 Å². The van der Waals surface area contributed by atoms with Gasteiger partial charge in [0.1, 0.15) is 0 Å². The Balaban J connectivity index is 0.000000531. The van der Waals surface area contributed by atoms with E-state index in [4.69, 9.17) is 5.73 Å². The van der Waals surface area contributed by atoms with E-state index in [0.29, 0.717) is 6.54 Å². The molecule has 0 aliphatic rings. The third kappa shape index (κ3) is 2.60. The second-order valence-electron chi connectivity index (χ2n) is 3.40. The Hall–Kier alpha value is -1.28. The maximum atomic E-state index is 5.53. The minimum Gasteiger partial charge on any atom is -0.361 e. The van der Waals surface area contributed by atoms with E-state index in [9.17, 15) is 0 Å². The highest BCUT2D eigenvalue weighted by Crippen LogP contribution is 2.19. The van der Waals surface area contributed by atoms with Crippen LogP contribution in [0, 0.1) is 6.92 Å². The van der Waals surface area contributed by atoms with Crippen molar-refractivity contribution in [3.05, 3.63) is 35.5 Å². The highest BCUT2D eigenvalue weighted by Gasteiger charge is 2.01. The van der Waals surface area contributed by atoms with Crippen molar-refractivity contribution in [2.24, 2.45) is 5.73 Å². The monoisotopic (exact) mass is 204 g/mol. The number of nitrogens with one attached hydrogen (secondary N) is 1. The van der Waals surface area contributed by atoms with Gasteiger partial charge >= 0.3 is 0 Å². The highest BCUT2D eigenvalue weighted by molar-refractivity contribution is 5.83. The van der Waals surface area contributed by atoms with Crippen molar-refractivity contribution in [2.75, 3.05) is 6.54 Å². The smallest absolute Gasteiger partial charge is 0.0456 e. The number of benzene rings is 1. The van der Waals surface area contributed by atoms with Crippen molar-refractivity contribution >= 4 is 10.9 Å². The topological polar surface area (TPSA) is 41.8 Å². The second kappa shape index (κ2) is 5.56. The summed E-state index contributed by atoms with van der Waals surface area (Å²) >= 11 is 0. The predicted molar refractivity (Wildman–Crippen MR) is 67.1 cm³/mol. The summed E-state index contributed by atoms with van der Waals surface area (Å²) in [6, 6.07) is 6.44. The van der Waals surface area contributed by atoms with Crippen LogP contribution in [-0.2, 0) is 6.42 Å². The van der Waals surface area contributed by atoms with Crippen molar-refractivity contribution in [2.45, 2.75) is 27.2 Å². The molecule has 0 spiro atoms. The van der Waals surface area contributed by atoms with Gasteiger partial charge in [-0.3, -0.25) is 0 Å². The molecule has 1 aromatic heterocycles. The summed E-state index contributed by atoms with van der Waals surface area (Å²) in [4.78, 5) is 3.24. The third-order valence-electron chi connectivity index (χ3n) is 2.34. The van der Waals surface area contributed by atoms with Crippen LogP contribution >= 0.6 is 0 Å². The summed E-state index contributed by atoms with van der Waals surface area (Å²) in [5.41, 5.74) is 9.35. The number of H-pyrrole nitrogens is 1. The van der Waals surface area contributed by atoms with Crippen LogP contribution in [0.5, 0.6) is 0 Å². The quantitative estimate of drug-likeness (QED) is 0.775. The molecule has 0 aliphatic carbocycles. The average molecular weight is 204 g/mol. The Labute approximate surface area is 91.5 Å². The Morgan fingerprint density at radius 2 is 2.00 bits per heavy atom. The van der Waals surface area contributed by atoms with E-state index in [1.54, 1.807) is 0 Å². The van der Waals surface area contributed by atoms with Gasteiger partial charge < -0.3 is 10.7 Å². The molecule has 1 aromatic carbocycles. The minimum absolute atomic E-state index is 0.709. The Bertz CT molecular complexity index is 415. The maximum absolute atomic E-state index is 5.53. The predicted octanol–water partition coefficient (Wildman–Crippen LogP) is 3.00. The van der Waals surface area contributed by atoms with Gasteiger partial charge in [-0.05, 0) is 37.6 Å². The zero-order valence-electron chi connectivity index (χ0n) is 9.80. The molecule has 1 heterocycles. The van der Waals surface area contributed by atoms with Gasteiger partial charge in [0.25, 0.3) is 0 Å². The fourth-order valence-corrected chi connectivity index (χ4v) is 1.65. The largest absolute Gasteiger partial charge is 0.361 e. The number of aromatic amines is 1. The van der Waals surface area contributed by atoms with Crippen LogP contribution in [0.15, 0.2) is 24.4 Å². The first-order valence-electron chi connectivity index (χ1n) is 5.58. The number of hydrogen-bond acceptors (Lipinski definition) is 1. The first-order chi connectivity index (χ1) is 7.31. The number of rotatable bonds is 2. The Morgan fingerprint density at radius 1 is 1.27 bits per heavy atom. The zero-order chi connectivity index (χ0) is 11.3. The molecule has 2 heteroatoms. The lowest BCUT2D eigenvalue weighted by Gasteiger charge is -1.96. The van der Waals surface area contributed by atoms with Gasteiger partial charge in [0.2, 0.25) is 0 Å². The molecule has 3 N–H and O–H groups in total. The van der Waals surface area contributed by atoms with Crippen molar-refractivity contribution in [3.8, 4) is 0 Å². The van der Waals surface area contributed by atoms with Crippen molar-refractivity contribution in [3.63, 3.8) is 0 Å². The molecule has 2 aromatic rings. The lowest BCUT2D eigenvalue weighted by atomic mass is 10.1. The molecule has 2 rings (SSSR count). The summed E-state index contributed by atoms with van der Waals surface area (Å²) in [6.07, 6.45) is 3.00. The lowest BCUT2D eigenvalue weighted by molar-refractivity contribution is 0.976. The van der Waals surface area contributed by atoms with Crippen molar-refractivity contribution < 1.29 is 0 Å². The van der Waals surface area contributed by atoms with Crippen molar-refractivity contribution in [1.29, 1.82) is 0 Å². The number of fused-ring (bicyclic) bond motifs is 1. The number of aromatic nitrogens is 1. The summed E-state index contributed by atoms with van der Waals surface area (Å²) in [7, 11) is 0. The molecular formula is C13H20N2. The molecule has 0 unspecified atom stereocenters. The highest BCUT2D eigenvalue weighted by atomic mass is 14.7. The molecule has 0 amide bonds. The van der Waals surface area contributed by atoms with E-state index in [-0.39, 0.29) is 0 Å². The van der Waals surface area contributed by atoms with Gasteiger partial charge in [-0.1, -0.05) is 25.5 Å². The molecule has 15 heavy (non-hydrogen) atoms. The molecule has 0 saturated carbocycles. The Morgan fingerprint density at radius 3 is 2.67 bits per heavy atom. The summed E-state index contributed by atoms with van der Waals surface area (Å²) in [5, 5.41) is 1.31. The molecule has 0 bridgehead atoms. The Kier molecular flexibility index (Phi) is 4.37. The summed E-state index contributed by atoms with van der Waals surface area (Å²) in [5.74, 6) is 0. The first kappa shape index (κ1) is 11.8. The average Bonchev–Trinajstić information content (AvgIpc) is 2.65. The molecular weight excluding hydrogens is 184 g/mol. The maximum Gasteiger partial charge on any atom is 0.0456 e. The summed E-state index contributed by atoms with van der Waals surface area (Å²) < 4.78 is 0. The zero-order valence-corrected chi connectivity index (χ0v) is 9.80. The lowest BCUT2D eigenvalue weighted by Crippen LogP contribution is -2.01. The minimum atomic E-state index is 0.709. The molecule has 0 radical (unpaired) electrons. The fraction of sp³-hybridized carbons (Fsp3) is 0.385. The van der Waals surface area contributed by atoms with Crippen LogP contribution in [-0.4, -0.2) is 11.5 Å². The van der Waals surface area contributed by atoms with Crippen molar-refractivity contribution in [1.82, 2.24) is 4.98 Å². The van der Waals surface area contributed by atoms with Crippen LogP contribution in [0.3, 0.4) is 0 Å². The van der Waals surface area contributed by atoms with Gasteiger partial charge in [-0.25, -0.2) is 0 Å². The molecule has 0 fully saturated rings. The van der Waals surface area contributed by atoms with E-state index in [0.717, 1.165) is 6.42 Å². The second-order valence-corrected chi connectivity index (χ2v) is 3.40. The molecule has 0 aliphatic heterocycles. The fourth-order valence-electron chi connectivity index (χ4n) is 1.65. The van der Waals surface area contributed by atoms with E-state index in [1.165, 1.54) is 22.0 Å². The number of aryl methyl sites for hydroxylation is 1. The van der Waals surface area contributed by atoms with Gasteiger partial charge in [0.05, 0.1) is 0 Å². The van der Waals surface area contributed by atoms with Crippen LogP contribution in [0.4, 0.5) is 0 Å². The SMILES string of the molecule is CC.Cc1ccc2[nH]cc(CCN)c2c1. The third-order valence-corrected chi connectivity index (χ3v) is 2.34. The van der Waals surface area contributed by atoms with Gasteiger partial charge in [-0.15, -0.1) is 0 Å². The van der Waals surface area contributed by atoms with Crippen LogP contribution in [0.2, 0.25) is 0 Å². The van der Waals surface area contributed by atoms with Crippen LogP contribution in [0.1, 0.15) is 25.0 Å². The molecule has 82 valence electrons.